The maximum Gasteiger partial charge on any atom is 0.310 e. The number of benzene rings is 1. The van der Waals surface area contributed by atoms with Gasteiger partial charge in [0.25, 0.3) is 0 Å². The molecular weight excluding hydrogens is 460 g/mol. The Labute approximate surface area is 194 Å². The lowest BCUT2D eigenvalue weighted by molar-refractivity contribution is -0.152. The highest BCUT2D eigenvalue weighted by atomic mass is 35.5. The molecule has 170 valence electrons. The Kier molecular flexibility index (Phi) is 7.63. The molecule has 4 rings (SSSR count). The van der Waals surface area contributed by atoms with E-state index in [9.17, 15) is 18.7 Å². The van der Waals surface area contributed by atoms with Crippen LogP contribution in [0.15, 0.2) is 48.0 Å². The molecule has 0 spiro atoms. The molecule has 2 aromatic heterocycles. The van der Waals surface area contributed by atoms with Gasteiger partial charge < -0.3 is 15.2 Å². The third-order valence-electron chi connectivity index (χ3n) is 5.55. The highest BCUT2D eigenvalue weighted by Gasteiger charge is 2.43. The van der Waals surface area contributed by atoms with E-state index in [1.807, 2.05) is 17.5 Å². The molecule has 0 amide bonds. The van der Waals surface area contributed by atoms with Crippen LogP contribution in [0, 0.1) is 17.0 Å². The Bertz CT molecular complexity index is 1060. The van der Waals surface area contributed by atoms with E-state index in [1.54, 1.807) is 12.3 Å². The number of aliphatic carboxylic acids is 1. The van der Waals surface area contributed by atoms with Crippen LogP contribution in [0.5, 0.6) is 5.75 Å². The summed E-state index contributed by atoms with van der Waals surface area (Å²) >= 11 is 1.45. The first-order valence-electron chi connectivity index (χ1n) is 9.92. The number of carbonyl (C=O) groups is 1. The number of carboxylic acids is 1. The summed E-state index contributed by atoms with van der Waals surface area (Å²) in [5.41, 5.74) is -0.313. The van der Waals surface area contributed by atoms with Crippen LogP contribution in [0.2, 0.25) is 0 Å². The maximum atomic E-state index is 13.9. The van der Waals surface area contributed by atoms with E-state index in [-0.39, 0.29) is 30.7 Å². The molecule has 0 unspecified atom stereocenters. The SMILES string of the molecule is Cl.O=C(O)C1(Cc2cccc(Nc3nccs3)n2)CCC(Oc2cccc(F)c2F)CC1. The van der Waals surface area contributed by atoms with Gasteiger partial charge in [-0.05, 0) is 49.9 Å². The summed E-state index contributed by atoms with van der Waals surface area (Å²) < 4.78 is 32.9. The Hall–Kier alpha value is -2.78. The fourth-order valence-electron chi connectivity index (χ4n) is 3.87. The van der Waals surface area contributed by atoms with E-state index in [4.69, 9.17) is 4.74 Å². The molecule has 1 aromatic carbocycles. The van der Waals surface area contributed by atoms with Gasteiger partial charge in [0, 0.05) is 23.7 Å². The van der Waals surface area contributed by atoms with Crippen molar-refractivity contribution in [3.05, 3.63) is 65.3 Å². The molecule has 2 N–H and O–H groups in total. The smallest absolute Gasteiger partial charge is 0.310 e. The largest absolute Gasteiger partial charge is 0.487 e. The molecular formula is C22H22ClF2N3O3S. The molecule has 0 aliphatic heterocycles. The molecule has 32 heavy (non-hydrogen) atoms. The van der Waals surface area contributed by atoms with Crippen LogP contribution in [0.1, 0.15) is 31.4 Å². The normalized spacial score (nSPS) is 20.2. The third-order valence-corrected chi connectivity index (χ3v) is 6.24. The van der Waals surface area contributed by atoms with Crippen LogP contribution in [-0.4, -0.2) is 27.1 Å². The number of pyridine rings is 1. The average Bonchev–Trinajstić information content (AvgIpc) is 3.26. The highest BCUT2D eigenvalue weighted by molar-refractivity contribution is 7.13. The van der Waals surface area contributed by atoms with Crippen LogP contribution in [0.4, 0.5) is 19.7 Å². The van der Waals surface area contributed by atoms with E-state index in [0.717, 1.165) is 6.07 Å². The van der Waals surface area contributed by atoms with Crippen molar-refractivity contribution in [2.24, 2.45) is 5.41 Å². The van der Waals surface area contributed by atoms with Gasteiger partial charge in [0.05, 0.1) is 11.5 Å². The standard InChI is InChI=1S/C22H21F2N3O3S.ClH/c23-16-4-2-5-17(19(16)24)30-15-7-9-22(10-8-15,20(28)29)13-14-3-1-6-18(26-14)27-21-25-11-12-31-21;/h1-6,11-12,15H,7-10,13H2,(H,28,29)(H,25,26,27);1H. The van der Waals surface area contributed by atoms with Gasteiger partial charge in [-0.15, -0.1) is 23.7 Å². The van der Waals surface area contributed by atoms with Gasteiger partial charge in [0.2, 0.25) is 5.82 Å². The quantitative estimate of drug-likeness (QED) is 0.456. The predicted octanol–water partition coefficient (Wildman–Crippen LogP) is 5.62. The molecule has 0 saturated heterocycles. The second-order valence-corrected chi connectivity index (χ2v) is 8.50. The summed E-state index contributed by atoms with van der Waals surface area (Å²) in [5, 5.41) is 15.6. The maximum absolute atomic E-state index is 13.9. The molecule has 0 atom stereocenters. The number of ether oxygens (including phenoxy) is 1. The minimum absolute atomic E-state index is 0. The zero-order valence-corrected chi connectivity index (χ0v) is 18.6. The van der Waals surface area contributed by atoms with E-state index >= 15 is 0 Å². The number of anilines is 2. The number of rotatable bonds is 7. The van der Waals surface area contributed by atoms with Crippen LogP contribution in [0.3, 0.4) is 0 Å². The van der Waals surface area contributed by atoms with Crippen molar-refractivity contribution in [2.45, 2.75) is 38.2 Å². The number of halogens is 3. The summed E-state index contributed by atoms with van der Waals surface area (Å²) in [6, 6.07) is 9.23. The number of carboxylic acid groups (broad SMARTS) is 1. The molecule has 0 radical (unpaired) electrons. The molecule has 1 aliphatic rings. The fourth-order valence-corrected chi connectivity index (χ4v) is 4.41. The minimum atomic E-state index is -1.02. The van der Waals surface area contributed by atoms with Crippen molar-refractivity contribution in [1.29, 1.82) is 0 Å². The zero-order chi connectivity index (χ0) is 21.8. The number of aromatic nitrogens is 2. The van der Waals surface area contributed by atoms with Crippen molar-refractivity contribution in [3.8, 4) is 5.75 Å². The molecule has 10 heteroatoms. The predicted molar refractivity (Wildman–Crippen MR) is 120 cm³/mol. The molecule has 1 aliphatic carbocycles. The van der Waals surface area contributed by atoms with Crippen molar-refractivity contribution in [2.75, 3.05) is 5.32 Å². The van der Waals surface area contributed by atoms with Crippen molar-refractivity contribution in [1.82, 2.24) is 9.97 Å². The number of hydrogen-bond acceptors (Lipinski definition) is 6. The minimum Gasteiger partial charge on any atom is -0.487 e. The summed E-state index contributed by atoms with van der Waals surface area (Å²) in [6.07, 6.45) is 3.17. The topological polar surface area (TPSA) is 84.3 Å². The molecule has 1 saturated carbocycles. The lowest BCUT2D eigenvalue weighted by Gasteiger charge is -2.36. The van der Waals surface area contributed by atoms with Gasteiger partial charge in [-0.3, -0.25) is 4.79 Å². The molecule has 1 fully saturated rings. The van der Waals surface area contributed by atoms with E-state index in [1.165, 1.54) is 23.5 Å². The van der Waals surface area contributed by atoms with E-state index in [2.05, 4.69) is 15.3 Å². The van der Waals surface area contributed by atoms with Crippen LogP contribution in [0.25, 0.3) is 0 Å². The van der Waals surface area contributed by atoms with Crippen LogP contribution < -0.4 is 10.1 Å². The van der Waals surface area contributed by atoms with Gasteiger partial charge in [0.15, 0.2) is 16.7 Å². The molecule has 6 nitrogen and oxygen atoms in total. The summed E-state index contributed by atoms with van der Waals surface area (Å²) in [6.45, 7) is 0. The molecule has 2 heterocycles. The van der Waals surface area contributed by atoms with Crippen molar-refractivity contribution >= 4 is 40.7 Å². The Morgan fingerprint density at radius 3 is 2.66 bits per heavy atom. The van der Waals surface area contributed by atoms with Gasteiger partial charge >= 0.3 is 5.97 Å². The second kappa shape index (κ2) is 10.2. The van der Waals surface area contributed by atoms with E-state index < -0.39 is 23.0 Å². The van der Waals surface area contributed by atoms with Gasteiger partial charge in [-0.25, -0.2) is 14.4 Å². The Balaban J connectivity index is 0.00000289. The van der Waals surface area contributed by atoms with Crippen LogP contribution in [-0.2, 0) is 11.2 Å². The van der Waals surface area contributed by atoms with Crippen molar-refractivity contribution < 1.29 is 23.4 Å². The first-order chi connectivity index (χ1) is 14.9. The summed E-state index contributed by atoms with van der Waals surface area (Å²) in [4.78, 5) is 20.9. The lowest BCUT2D eigenvalue weighted by Crippen LogP contribution is -2.40. The van der Waals surface area contributed by atoms with Gasteiger partial charge in [-0.2, -0.15) is 4.39 Å². The number of thiazole rings is 1. The second-order valence-electron chi connectivity index (χ2n) is 7.61. The summed E-state index contributed by atoms with van der Waals surface area (Å²) in [5.74, 6) is -2.41. The summed E-state index contributed by atoms with van der Waals surface area (Å²) in [7, 11) is 0. The first-order valence-corrected chi connectivity index (χ1v) is 10.8. The van der Waals surface area contributed by atoms with Crippen LogP contribution >= 0.6 is 23.7 Å². The average molecular weight is 482 g/mol. The fraction of sp³-hybridized carbons (Fsp3) is 0.318. The van der Waals surface area contributed by atoms with Gasteiger partial charge in [0.1, 0.15) is 5.82 Å². The van der Waals surface area contributed by atoms with Crippen molar-refractivity contribution in [3.63, 3.8) is 0 Å². The van der Waals surface area contributed by atoms with E-state index in [0.29, 0.717) is 42.3 Å². The van der Waals surface area contributed by atoms with Gasteiger partial charge in [-0.1, -0.05) is 12.1 Å². The highest BCUT2D eigenvalue weighted by Crippen LogP contribution is 2.41. The first kappa shape index (κ1) is 23.9. The zero-order valence-electron chi connectivity index (χ0n) is 17.0. The monoisotopic (exact) mass is 481 g/mol. The third kappa shape index (κ3) is 5.34. The number of nitrogens with zero attached hydrogens (tertiary/aromatic N) is 2. The Morgan fingerprint density at radius 1 is 1.22 bits per heavy atom. The number of hydrogen-bond donors (Lipinski definition) is 2. The molecule has 0 bridgehead atoms. The lowest BCUT2D eigenvalue weighted by atomic mass is 9.70. The molecule has 3 aromatic rings. The number of nitrogens with one attached hydrogen (secondary N) is 1. The Morgan fingerprint density at radius 2 is 1.97 bits per heavy atom.